The first kappa shape index (κ1) is 23.5. The summed E-state index contributed by atoms with van der Waals surface area (Å²) >= 11 is 1.34. The lowest BCUT2D eigenvalue weighted by molar-refractivity contribution is -0.113. The molecule has 1 N–H and O–H groups in total. The molecule has 0 aliphatic carbocycles. The Morgan fingerprint density at radius 3 is 2.79 bits per heavy atom. The first-order valence-corrected chi connectivity index (χ1v) is 12.0. The Morgan fingerprint density at radius 1 is 1.24 bits per heavy atom. The van der Waals surface area contributed by atoms with E-state index in [1.165, 1.54) is 18.9 Å². The number of esters is 1. The number of carbonyl (C=O) groups is 2. The monoisotopic (exact) mass is 475 g/mol. The van der Waals surface area contributed by atoms with Gasteiger partial charge in [-0.15, -0.1) is 10.2 Å². The third-order valence-corrected chi connectivity index (χ3v) is 6.63. The SMILES string of the molecule is COC(=O)c1ccc(C)c(NC(=O)CSc2nnc(N3CCOCC3)n2CC2CCCO2)c1. The van der Waals surface area contributed by atoms with Crippen molar-refractivity contribution in [3.63, 3.8) is 0 Å². The minimum Gasteiger partial charge on any atom is -0.465 e. The fourth-order valence-corrected chi connectivity index (χ4v) is 4.60. The van der Waals surface area contributed by atoms with Gasteiger partial charge in [0, 0.05) is 25.4 Å². The molecule has 1 amide bonds. The number of rotatable bonds is 8. The van der Waals surface area contributed by atoms with E-state index < -0.39 is 5.97 Å². The number of anilines is 2. The van der Waals surface area contributed by atoms with Gasteiger partial charge in [-0.3, -0.25) is 9.36 Å². The van der Waals surface area contributed by atoms with Crippen LogP contribution in [0.15, 0.2) is 23.4 Å². The summed E-state index contributed by atoms with van der Waals surface area (Å²) in [6.07, 6.45) is 2.17. The van der Waals surface area contributed by atoms with Crippen LogP contribution in [-0.4, -0.2) is 78.5 Å². The highest BCUT2D eigenvalue weighted by Gasteiger charge is 2.25. The van der Waals surface area contributed by atoms with Crippen molar-refractivity contribution >= 4 is 35.3 Å². The van der Waals surface area contributed by atoms with Gasteiger partial charge in [0.2, 0.25) is 11.9 Å². The van der Waals surface area contributed by atoms with E-state index in [4.69, 9.17) is 14.2 Å². The summed E-state index contributed by atoms with van der Waals surface area (Å²) in [4.78, 5) is 26.7. The van der Waals surface area contributed by atoms with Gasteiger partial charge in [0.05, 0.1) is 44.3 Å². The Morgan fingerprint density at radius 2 is 2.06 bits per heavy atom. The van der Waals surface area contributed by atoms with Gasteiger partial charge in [0.25, 0.3) is 0 Å². The van der Waals surface area contributed by atoms with Crippen LogP contribution in [0.25, 0.3) is 0 Å². The number of morpholine rings is 1. The normalized spacial score (nSPS) is 18.4. The van der Waals surface area contributed by atoms with Crippen molar-refractivity contribution in [3.8, 4) is 0 Å². The second-order valence-electron chi connectivity index (χ2n) is 7.99. The van der Waals surface area contributed by atoms with Crippen LogP contribution < -0.4 is 10.2 Å². The van der Waals surface area contributed by atoms with Gasteiger partial charge < -0.3 is 24.4 Å². The summed E-state index contributed by atoms with van der Waals surface area (Å²) < 4.78 is 18.1. The molecule has 4 rings (SSSR count). The Bertz CT molecular complexity index is 986. The summed E-state index contributed by atoms with van der Waals surface area (Å²) in [6.45, 7) is 6.12. The molecule has 2 aliphatic heterocycles. The number of carbonyl (C=O) groups excluding carboxylic acids is 2. The fourth-order valence-electron chi connectivity index (χ4n) is 3.85. The molecule has 10 nitrogen and oxygen atoms in total. The number of methoxy groups -OCH3 is 1. The van der Waals surface area contributed by atoms with Gasteiger partial charge in [-0.05, 0) is 37.5 Å². The molecular weight excluding hydrogens is 446 g/mol. The maximum atomic E-state index is 12.7. The van der Waals surface area contributed by atoms with Crippen LogP contribution in [0.5, 0.6) is 0 Å². The molecule has 0 bridgehead atoms. The molecule has 3 heterocycles. The maximum absolute atomic E-state index is 12.7. The molecule has 2 fully saturated rings. The third-order valence-electron chi connectivity index (χ3n) is 5.67. The van der Waals surface area contributed by atoms with Crippen LogP contribution in [0.4, 0.5) is 11.6 Å². The van der Waals surface area contributed by atoms with Gasteiger partial charge in [0.1, 0.15) is 0 Å². The molecule has 33 heavy (non-hydrogen) atoms. The van der Waals surface area contributed by atoms with E-state index in [0.717, 1.165) is 44.0 Å². The van der Waals surface area contributed by atoms with Crippen molar-refractivity contribution in [3.05, 3.63) is 29.3 Å². The molecule has 1 atom stereocenters. The Kier molecular flexibility index (Phi) is 7.84. The largest absolute Gasteiger partial charge is 0.465 e. The van der Waals surface area contributed by atoms with Crippen molar-refractivity contribution in [1.29, 1.82) is 0 Å². The number of amides is 1. The zero-order chi connectivity index (χ0) is 23.2. The molecule has 2 aliphatic rings. The average molecular weight is 476 g/mol. The van der Waals surface area contributed by atoms with E-state index in [0.29, 0.717) is 36.2 Å². The van der Waals surface area contributed by atoms with Crippen molar-refractivity contribution in [2.45, 2.75) is 37.6 Å². The van der Waals surface area contributed by atoms with Crippen LogP contribution >= 0.6 is 11.8 Å². The molecular formula is C22H29N5O5S. The number of thioether (sulfide) groups is 1. The zero-order valence-corrected chi connectivity index (χ0v) is 19.7. The molecule has 1 aromatic heterocycles. The molecule has 0 saturated carbocycles. The van der Waals surface area contributed by atoms with Crippen LogP contribution in [0.2, 0.25) is 0 Å². The zero-order valence-electron chi connectivity index (χ0n) is 18.9. The number of ether oxygens (including phenoxy) is 3. The van der Waals surface area contributed by atoms with E-state index in [9.17, 15) is 9.59 Å². The predicted octanol–water partition coefficient (Wildman–Crippen LogP) is 2.12. The second-order valence-corrected chi connectivity index (χ2v) is 8.93. The molecule has 1 unspecified atom stereocenters. The highest BCUT2D eigenvalue weighted by atomic mass is 32.2. The molecule has 0 spiro atoms. The minimum atomic E-state index is -0.447. The quantitative estimate of drug-likeness (QED) is 0.454. The number of nitrogens with one attached hydrogen (secondary N) is 1. The van der Waals surface area contributed by atoms with Crippen LogP contribution in [0, 0.1) is 6.92 Å². The van der Waals surface area contributed by atoms with Gasteiger partial charge in [-0.1, -0.05) is 17.8 Å². The minimum absolute atomic E-state index is 0.123. The molecule has 11 heteroatoms. The fraction of sp³-hybridized carbons (Fsp3) is 0.545. The summed E-state index contributed by atoms with van der Waals surface area (Å²) in [5, 5.41) is 12.4. The molecule has 2 aromatic rings. The standard InChI is InChI=1S/C22H29N5O5S/c1-15-5-6-16(20(29)30-2)12-18(15)23-19(28)14-33-22-25-24-21(26-7-10-31-11-8-26)27(22)13-17-4-3-9-32-17/h5-6,12,17H,3-4,7-11,13-14H2,1-2H3,(H,23,28). The molecule has 0 radical (unpaired) electrons. The van der Waals surface area contributed by atoms with Gasteiger partial charge >= 0.3 is 5.97 Å². The van der Waals surface area contributed by atoms with Crippen molar-refractivity contribution in [2.24, 2.45) is 0 Å². The Labute approximate surface area is 197 Å². The van der Waals surface area contributed by atoms with Gasteiger partial charge in [0.15, 0.2) is 5.16 Å². The third kappa shape index (κ3) is 5.84. The predicted molar refractivity (Wildman–Crippen MR) is 124 cm³/mol. The summed E-state index contributed by atoms with van der Waals surface area (Å²) in [6, 6.07) is 5.08. The summed E-state index contributed by atoms with van der Waals surface area (Å²) in [5.41, 5.74) is 1.83. The lowest BCUT2D eigenvalue weighted by Crippen LogP contribution is -2.38. The van der Waals surface area contributed by atoms with Crippen molar-refractivity contribution < 1.29 is 23.8 Å². The summed E-state index contributed by atoms with van der Waals surface area (Å²) in [5.74, 6) is 0.315. The highest BCUT2D eigenvalue weighted by molar-refractivity contribution is 7.99. The maximum Gasteiger partial charge on any atom is 0.337 e. The summed E-state index contributed by atoms with van der Waals surface area (Å²) in [7, 11) is 1.33. The first-order chi connectivity index (χ1) is 16.0. The Hall–Kier alpha value is -2.63. The van der Waals surface area contributed by atoms with E-state index in [-0.39, 0.29) is 17.8 Å². The number of nitrogens with zero attached hydrogens (tertiary/aromatic N) is 4. The first-order valence-electron chi connectivity index (χ1n) is 11.0. The van der Waals surface area contributed by atoms with E-state index in [2.05, 4.69) is 25.0 Å². The van der Waals surface area contributed by atoms with Crippen molar-refractivity contribution in [2.75, 3.05) is 56.0 Å². The lowest BCUT2D eigenvalue weighted by atomic mass is 10.1. The number of hydrogen-bond acceptors (Lipinski definition) is 9. The molecule has 178 valence electrons. The van der Waals surface area contributed by atoms with Crippen LogP contribution in [-0.2, 0) is 25.5 Å². The Balaban J connectivity index is 1.44. The van der Waals surface area contributed by atoms with Crippen LogP contribution in [0.3, 0.4) is 0 Å². The van der Waals surface area contributed by atoms with Crippen molar-refractivity contribution in [1.82, 2.24) is 14.8 Å². The second kappa shape index (κ2) is 11.0. The molecule has 1 aromatic carbocycles. The van der Waals surface area contributed by atoms with Gasteiger partial charge in [-0.25, -0.2) is 4.79 Å². The number of hydrogen-bond donors (Lipinski definition) is 1. The topological polar surface area (TPSA) is 108 Å². The lowest BCUT2D eigenvalue weighted by Gasteiger charge is -2.28. The molecule has 2 saturated heterocycles. The smallest absolute Gasteiger partial charge is 0.337 e. The van der Waals surface area contributed by atoms with Crippen LogP contribution in [0.1, 0.15) is 28.8 Å². The van der Waals surface area contributed by atoms with E-state index in [1.54, 1.807) is 18.2 Å². The average Bonchev–Trinajstić information content (AvgIpc) is 3.49. The van der Waals surface area contributed by atoms with E-state index >= 15 is 0 Å². The number of benzene rings is 1. The number of aromatic nitrogens is 3. The number of aryl methyl sites for hydroxylation is 1. The van der Waals surface area contributed by atoms with E-state index in [1.807, 2.05) is 6.92 Å². The van der Waals surface area contributed by atoms with Gasteiger partial charge in [-0.2, -0.15) is 0 Å². The highest BCUT2D eigenvalue weighted by Crippen LogP contribution is 2.26.